The van der Waals surface area contributed by atoms with Crippen molar-refractivity contribution < 1.29 is 18.7 Å². The van der Waals surface area contributed by atoms with Crippen LogP contribution in [0.5, 0.6) is 11.5 Å². The van der Waals surface area contributed by atoms with E-state index in [2.05, 4.69) is 10.6 Å². The predicted molar refractivity (Wildman–Crippen MR) is 95.9 cm³/mol. The Labute approximate surface area is 147 Å². The molecule has 0 spiro atoms. The average Bonchev–Trinajstić information content (AvgIpc) is 2.60. The molecule has 0 bridgehead atoms. The highest BCUT2D eigenvalue weighted by Gasteiger charge is 2.07. The Hall–Kier alpha value is -2.76. The first kappa shape index (κ1) is 18.6. The molecule has 0 fully saturated rings. The number of carbonyl (C=O) groups excluding carboxylic acids is 1. The van der Waals surface area contributed by atoms with E-state index in [1.165, 1.54) is 6.07 Å². The number of halogens is 1. The van der Waals surface area contributed by atoms with Crippen molar-refractivity contribution >= 4 is 11.6 Å². The van der Waals surface area contributed by atoms with Crippen LogP contribution in [0.25, 0.3) is 0 Å². The van der Waals surface area contributed by atoms with Gasteiger partial charge in [-0.15, -0.1) is 0 Å². The maximum Gasteiger partial charge on any atom is 0.239 e. The maximum absolute atomic E-state index is 13.7. The van der Waals surface area contributed by atoms with Gasteiger partial charge in [-0.3, -0.25) is 4.79 Å². The smallest absolute Gasteiger partial charge is 0.239 e. The summed E-state index contributed by atoms with van der Waals surface area (Å²) in [6, 6.07) is 10.5. The van der Waals surface area contributed by atoms with E-state index in [0.29, 0.717) is 30.2 Å². The molecule has 2 rings (SSSR count). The molecule has 2 aromatic carbocycles. The fourth-order valence-corrected chi connectivity index (χ4v) is 2.38. The monoisotopic (exact) mass is 346 g/mol. The van der Waals surface area contributed by atoms with Gasteiger partial charge in [0, 0.05) is 6.54 Å². The topological polar surface area (TPSA) is 59.6 Å². The zero-order chi connectivity index (χ0) is 18.2. The molecule has 0 aliphatic heterocycles. The van der Waals surface area contributed by atoms with E-state index >= 15 is 0 Å². The molecule has 0 unspecified atom stereocenters. The molecule has 0 aliphatic carbocycles. The number of aryl methyl sites for hydroxylation is 1. The zero-order valence-corrected chi connectivity index (χ0v) is 14.7. The summed E-state index contributed by atoms with van der Waals surface area (Å²) in [5.41, 5.74) is 2.18. The van der Waals surface area contributed by atoms with E-state index in [-0.39, 0.29) is 18.3 Å². The van der Waals surface area contributed by atoms with Crippen molar-refractivity contribution in [2.24, 2.45) is 0 Å². The summed E-state index contributed by atoms with van der Waals surface area (Å²) in [6.07, 6.45) is 0.658. The van der Waals surface area contributed by atoms with Gasteiger partial charge in [0.1, 0.15) is 5.82 Å². The Bertz CT molecular complexity index is 735. The maximum atomic E-state index is 13.7. The second-order valence-corrected chi connectivity index (χ2v) is 5.63. The Morgan fingerprint density at radius 3 is 2.52 bits per heavy atom. The van der Waals surface area contributed by atoms with E-state index in [4.69, 9.17) is 9.47 Å². The van der Waals surface area contributed by atoms with Crippen molar-refractivity contribution in [3.8, 4) is 11.5 Å². The van der Waals surface area contributed by atoms with E-state index in [1.54, 1.807) is 26.4 Å². The second-order valence-electron chi connectivity index (χ2n) is 5.63. The van der Waals surface area contributed by atoms with Crippen molar-refractivity contribution in [3.63, 3.8) is 0 Å². The minimum Gasteiger partial charge on any atom is -0.493 e. The summed E-state index contributed by atoms with van der Waals surface area (Å²) in [5.74, 6) is 0.765. The lowest BCUT2D eigenvalue weighted by molar-refractivity contribution is -0.119. The third kappa shape index (κ3) is 5.38. The van der Waals surface area contributed by atoms with Gasteiger partial charge in [0.15, 0.2) is 11.5 Å². The molecular weight excluding hydrogens is 323 g/mol. The lowest BCUT2D eigenvalue weighted by atomic mass is 10.1. The molecule has 5 nitrogen and oxygen atoms in total. The molecule has 0 aliphatic rings. The van der Waals surface area contributed by atoms with Crippen LogP contribution in [0, 0.1) is 12.7 Å². The highest BCUT2D eigenvalue weighted by Crippen LogP contribution is 2.27. The van der Waals surface area contributed by atoms with Gasteiger partial charge >= 0.3 is 0 Å². The van der Waals surface area contributed by atoms with Crippen molar-refractivity contribution in [1.29, 1.82) is 0 Å². The molecule has 0 radical (unpaired) electrons. The number of hydrogen-bond acceptors (Lipinski definition) is 4. The SMILES string of the molecule is COc1ccc(CCNC(=O)CNc2ccc(C)cc2F)cc1OC. The zero-order valence-electron chi connectivity index (χ0n) is 14.7. The molecule has 2 aromatic rings. The average molecular weight is 346 g/mol. The second kappa shape index (κ2) is 8.92. The van der Waals surface area contributed by atoms with Crippen LogP contribution in [0.4, 0.5) is 10.1 Å². The predicted octanol–water partition coefficient (Wildman–Crippen LogP) is 2.92. The standard InChI is InChI=1S/C19H23FN2O3/c1-13-4-6-16(15(20)10-13)22-12-19(23)21-9-8-14-5-7-17(24-2)18(11-14)25-3/h4-7,10-11,22H,8-9,12H2,1-3H3,(H,21,23). The first-order valence-electron chi connectivity index (χ1n) is 8.01. The van der Waals surface area contributed by atoms with E-state index in [1.807, 2.05) is 25.1 Å². The quantitative estimate of drug-likeness (QED) is 0.772. The minimum absolute atomic E-state index is 0.0198. The number of hydrogen-bond donors (Lipinski definition) is 2. The van der Waals surface area contributed by atoms with Gasteiger partial charge in [0.05, 0.1) is 26.5 Å². The number of carbonyl (C=O) groups is 1. The third-order valence-electron chi connectivity index (χ3n) is 3.75. The number of nitrogens with one attached hydrogen (secondary N) is 2. The number of benzene rings is 2. The van der Waals surface area contributed by atoms with Crippen LogP contribution in [-0.4, -0.2) is 33.2 Å². The molecule has 0 atom stereocenters. The van der Waals surface area contributed by atoms with Gasteiger partial charge in [-0.1, -0.05) is 12.1 Å². The Morgan fingerprint density at radius 1 is 1.08 bits per heavy atom. The molecule has 2 N–H and O–H groups in total. The number of rotatable bonds is 8. The highest BCUT2D eigenvalue weighted by molar-refractivity contribution is 5.80. The van der Waals surface area contributed by atoms with Gasteiger partial charge in [-0.25, -0.2) is 4.39 Å². The van der Waals surface area contributed by atoms with E-state index in [9.17, 15) is 9.18 Å². The molecule has 0 heterocycles. The minimum atomic E-state index is -0.363. The molecule has 134 valence electrons. The lowest BCUT2D eigenvalue weighted by Gasteiger charge is -2.11. The van der Waals surface area contributed by atoms with Crippen molar-refractivity contribution in [1.82, 2.24) is 5.32 Å². The number of amides is 1. The van der Waals surface area contributed by atoms with Crippen LogP contribution >= 0.6 is 0 Å². The number of methoxy groups -OCH3 is 2. The fraction of sp³-hybridized carbons (Fsp3) is 0.316. The summed E-state index contributed by atoms with van der Waals surface area (Å²) in [4.78, 5) is 11.9. The van der Waals surface area contributed by atoms with Crippen LogP contribution in [0.2, 0.25) is 0 Å². The molecule has 6 heteroatoms. The van der Waals surface area contributed by atoms with Gasteiger partial charge in [-0.2, -0.15) is 0 Å². The summed E-state index contributed by atoms with van der Waals surface area (Å²) >= 11 is 0. The molecule has 0 aromatic heterocycles. The van der Waals surface area contributed by atoms with E-state index in [0.717, 1.165) is 11.1 Å². The molecule has 0 saturated carbocycles. The van der Waals surface area contributed by atoms with Gasteiger partial charge in [0.2, 0.25) is 5.91 Å². The van der Waals surface area contributed by atoms with Crippen LogP contribution in [-0.2, 0) is 11.2 Å². The summed E-state index contributed by atoms with van der Waals surface area (Å²) in [6.45, 7) is 2.31. The Balaban J connectivity index is 1.78. The third-order valence-corrected chi connectivity index (χ3v) is 3.75. The lowest BCUT2D eigenvalue weighted by Crippen LogP contribution is -2.31. The van der Waals surface area contributed by atoms with Crippen LogP contribution in [0.1, 0.15) is 11.1 Å². The highest BCUT2D eigenvalue weighted by atomic mass is 19.1. The van der Waals surface area contributed by atoms with Gasteiger partial charge < -0.3 is 20.1 Å². The molecule has 25 heavy (non-hydrogen) atoms. The van der Waals surface area contributed by atoms with Gasteiger partial charge in [-0.05, 0) is 48.7 Å². The molecule has 0 saturated heterocycles. The molecular formula is C19H23FN2O3. The van der Waals surface area contributed by atoms with Crippen LogP contribution in [0.3, 0.4) is 0 Å². The Kier molecular flexibility index (Phi) is 6.62. The molecule has 1 amide bonds. The van der Waals surface area contributed by atoms with Crippen molar-refractivity contribution in [2.45, 2.75) is 13.3 Å². The van der Waals surface area contributed by atoms with E-state index < -0.39 is 0 Å². The van der Waals surface area contributed by atoms with Crippen molar-refractivity contribution in [2.75, 3.05) is 32.6 Å². The first-order valence-corrected chi connectivity index (χ1v) is 8.01. The number of ether oxygens (including phenoxy) is 2. The van der Waals surface area contributed by atoms with Crippen LogP contribution < -0.4 is 20.1 Å². The first-order chi connectivity index (χ1) is 12.0. The summed E-state index contributed by atoms with van der Waals surface area (Å²) in [5, 5.41) is 5.60. The largest absolute Gasteiger partial charge is 0.493 e. The summed E-state index contributed by atoms with van der Waals surface area (Å²) in [7, 11) is 3.17. The fourth-order valence-electron chi connectivity index (χ4n) is 2.38. The Morgan fingerprint density at radius 2 is 1.84 bits per heavy atom. The normalized spacial score (nSPS) is 10.2. The van der Waals surface area contributed by atoms with Crippen molar-refractivity contribution in [3.05, 3.63) is 53.3 Å². The summed E-state index contributed by atoms with van der Waals surface area (Å²) < 4.78 is 24.1. The van der Waals surface area contributed by atoms with Crippen LogP contribution in [0.15, 0.2) is 36.4 Å². The number of anilines is 1. The van der Waals surface area contributed by atoms with Gasteiger partial charge in [0.25, 0.3) is 0 Å².